The van der Waals surface area contributed by atoms with Crippen LogP contribution in [-0.2, 0) is 5.41 Å². The van der Waals surface area contributed by atoms with Crippen molar-refractivity contribution < 1.29 is 20.4 Å². The molecule has 4 nitrogen and oxygen atoms in total. The second-order valence-corrected chi connectivity index (χ2v) is 17.2. The van der Waals surface area contributed by atoms with Gasteiger partial charge in [-0.15, -0.1) is 0 Å². The SMILES string of the molecule is CCC(C)(CC)c1cc(-c2cc(C)c(O)c(C(c3ccccc3)c3cc(-c4cc(C)c(O)c(C(c5ccccc5)C(C)(CC)CC)c4)cc(C)c3O)c2)cc(C)c1O. The minimum absolute atomic E-state index is 0.0451. The number of aryl methyl sites for hydroxylation is 4. The van der Waals surface area contributed by atoms with E-state index < -0.39 is 5.92 Å². The molecule has 4 heteroatoms. The first-order valence-electron chi connectivity index (χ1n) is 21.1. The van der Waals surface area contributed by atoms with E-state index in [9.17, 15) is 20.4 Å². The maximum atomic E-state index is 12.1. The molecular formula is C54H62O4. The Balaban J connectivity index is 1.59. The van der Waals surface area contributed by atoms with E-state index in [1.807, 2.05) is 88.4 Å². The number of aromatic hydroxyl groups is 4. The van der Waals surface area contributed by atoms with E-state index in [0.29, 0.717) is 22.6 Å². The number of hydrogen-bond donors (Lipinski definition) is 4. The Morgan fingerprint density at radius 2 is 0.793 bits per heavy atom. The Morgan fingerprint density at radius 3 is 1.21 bits per heavy atom. The summed E-state index contributed by atoms with van der Waals surface area (Å²) in [5.74, 6) is 0.428. The summed E-state index contributed by atoms with van der Waals surface area (Å²) in [5, 5.41) is 47.2. The van der Waals surface area contributed by atoms with Crippen LogP contribution in [0.25, 0.3) is 22.3 Å². The summed E-state index contributed by atoms with van der Waals surface area (Å²) in [6.07, 6.45) is 3.65. The molecule has 302 valence electrons. The summed E-state index contributed by atoms with van der Waals surface area (Å²) < 4.78 is 0. The highest BCUT2D eigenvalue weighted by atomic mass is 16.3. The fourth-order valence-corrected chi connectivity index (χ4v) is 9.05. The minimum Gasteiger partial charge on any atom is -0.507 e. The van der Waals surface area contributed by atoms with Crippen molar-refractivity contribution >= 4 is 0 Å². The fraction of sp³-hybridized carbons (Fsp3) is 0.333. The number of phenolic OH excluding ortho intramolecular Hbond substituents is 4. The van der Waals surface area contributed by atoms with Crippen LogP contribution in [-0.4, -0.2) is 20.4 Å². The van der Waals surface area contributed by atoms with Gasteiger partial charge in [-0.1, -0.05) is 102 Å². The molecule has 6 rings (SSSR count). The summed E-state index contributed by atoms with van der Waals surface area (Å²) >= 11 is 0. The number of rotatable bonds is 13. The fourth-order valence-electron chi connectivity index (χ4n) is 9.05. The monoisotopic (exact) mass is 774 g/mol. The zero-order valence-corrected chi connectivity index (χ0v) is 36.2. The molecular weight excluding hydrogens is 713 g/mol. The van der Waals surface area contributed by atoms with Crippen LogP contribution in [0.1, 0.15) is 135 Å². The van der Waals surface area contributed by atoms with E-state index >= 15 is 0 Å². The molecule has 2 atom stereocenters. The van der Waals surface area contributed by atoms with Gasteiger partial charge >= 0.3 is 0 Å². The summed E-state index contributed by atoms with van der Waals surface area (Å²) in [6.45, 7) is 21.1. The van der Waals surface area contributed by atoms with Gasteiger partial charge in [0.25, 0.3) is 0 Å². The van der Waals surface area contributed by atoms with Crippen LogP contribution < -0.4 is 0 Å². The predicted octanol–water partition coefficient (Wildman–Crippen LogP) is 14.3. The van der Waals surface area contributed by atoms with Crippen LogP contribution in [0, 0.1) is 33.1 Å². The van der Waals surface area contributed by atoms with Gasteiger partial charge in [-0.25, -0.2) is 0 Å². The summed E-state index contributed by atoms with van der Waals surface area (Å²) in [4.78, 5) is 0. The summed E-state index contributed by atoms with van der Waals surface area (Å²) in [5.41, 5.74) is 11.8. The molecule has 6 aromatic carbocycles. The van der Waals surface area contributed by atoms with Crippen LogP contribution >= 0.6 is 0 Å². The molecule has 0 spiro atoms. The van der Waals surface area contributed by atoms with Crippen molar-refractivity contribution in [1.29, 1.82) is 0 Å². The lowest BCUT2D eigenvalue weighted by molar-refractivity contribution is 0.253. The molecule has 0 aromatic heterocycles. The Labute approximate surface area is 346 Å². The van der Waals surface area contributed by atoms with Gasteiger partial charge in [-0.2, -0.15) is 0 Å². The quantitative estimate of drug-likeness (QED) is 0.0881. The Morgan fingerprint density at radius 1 is 0.431 bits per heavy atom. The summed E-state index contributed by atoms with van der Waals surface area (Å²) in [7, 11) is 0. The maximum absolute atomic E-state index is 12.1. The number of phenols is 4. The van der Waals surface area contributed by atoms with Crippen molar-refractivity contribution in [1.82, 2.24) is 0 Å². The van der Waals surface area contributed by atoms with Gasteiger partial charge in [-0.3, -0.25) is 0 Å². The van der Waals surface area contributed by atoms with Gasteiger partial charge in [0.05, 0.1) is 0 Å². The van der Waals surface area contributed by atoms with Crippen molar-refractivity contribution in [3.8, 4) is 45.3 Å². The molecule has 0 aliphatic carbocycles. The van der Waals surface area contributed by atoms with Gasteiger partial charge in [0, 0.05) is 34.1 Å². The highest BCUT2D eigenvalue weighted by Crippen LogP contribution is 2.51. The lowest BCUT2D eigenvalue weighted by Gasteiger charge is -2.38. The Kier molecular flexibility index (Phi) is 12.2. The first kappa shape index (κ1) is 42.1. The summed E-state index contributed by atoms with van der Waals surface area (Å²) in [6, 6.07) is 37.0. The molecule has 58 heavy (non-hydrogen) atoms. The van der Waals surface area contributed by atoms with E-state index in [2.05, 4.69) is 90.1 Å². The average molecular weight is 775 g/mol. The molecule has 0 saturated carbocycles. The van der Waals surface area contributed by atoms with E-state index in [-0.39, 0.29) is 28.2 Å². The smallest absolute Gasteiger partial charge is 0.122 e. The van der Waals surface area contributed by atoms with Gasteiger partial charge < -0.3 is 20.4 Å². The molecule has 0 aliphatic heterocycles. The zero-order chi connectivity index (χ0) is 42.1. The van der Waals surface area contributed by atoms with E-state index in [4.69, 9.17) is 0 Å². The van der Waals surface area contributed by atoms with Crippen LogP contribution in [0.4, 0.5) is 0 Å². The molecule has 0 aliphatic rings. The average Bonchev–Trinajstić information content (AvgIpc) is 3.23. The van der Waals surface area contributed by atoms with Crippen molar-refractivity contribution in [2.45, 2.75) is 112 Å². The van der Waals surface area contributed by atoms with Crippen molar-refractivity contribution in [2.24, 2.45) is 5.41 Å². The molecule has 2 unspecified atom stereocenters. The van der Waals surface area contributed by atoms with E-state index in [1.54, 1.807) is 0 Å². The molecule has 4 N–H and O–H groups in total. The molecule has 0 saturated heterocycles. The largest absolute Gasteiger partial charge is 0.507 e. The van der Waals surface area contributed by atoms with Crippen molar-refractivity contribution in [3.05, 3.63) is 165 Å². The Hall–Kier alpha value is -5.48. The third-order valence-electron chi connectivity index (χ3n) is 13.7. The van der Waals surface area contributed by atoms with E-state index in [0.717, 1.165) is 86.9 Å². The third kappa shape index (κ3) is 7.74. The second-order valence-electron chi connectivity index (χ2n) is 17.2. The van der Waals surface area contributed by atoms with Crippen LogP contribution in [0.2, 0.25) is 0 Å². The molecule has 6 aromatic rings. The highest BCUT2D eigenvalue weighted by molar-refractivity contribution is 5.75. The topological polar surface area (TPSA) is 80.9 Å². The normalized spacial score (nSPS) is 13.1. The first-order chi connectivity index (χ1) is 27.6. The third-order valence-corrected chi connectivity index (χ3v) is 13.7. The van der Waals surface area contributed by atoms with Crippen LogP contribution in [0.3, 0.4) is 0 Å². The predicted molar refractivity (Wildman–Crippen MR) is 242 cm³/mol. The van der Waals surface area contributed by atoms with Crippen LogP contribution in [0.15, 0.2) is 109 Å². The molecule has 0 bridgehead atoms. The Bertz CT molecular complexity index is 2400. The van der Waals surface area contributed by atoms with Crippen molar-refractivity contribution in [2.75, 3.05) is 0 Å². The number of hydrogen-bond acceptors (Lipinski definition) is 4. The van der Waals surface area contributed by atoms with Gasteiger partial charge in [-0.05, 0) is 168 Å². The molecule has 0 heterocycles. The lowest BCUT2D eigenvalue weighted by atomic mass is 9.66. The van der Waals surface area contributed by atoms with Gasteiger partial charge in [0.1, 0.15) is 23.0 Å². The molecule has 0 amide bonds. The van der Waals surface area contributed by atoms with Crippen LogP contribution in [0.5, 0.6) is 23.0 Å². The van der Waals surface area contributed by atoms with Crippen molar-refractivity contribution in [3.63, 3.8) is 0 Å². The lowest BCUT2D eigenvalue weighted by Crippen LogP contribution is -2.25. The van der Waals surface area contributed by atoms with Gasteiger partial charge in [0.2, 0.25) is 0 Å². The second kappa shape index (κ2) is 16.8. The van der Waals surface area contributed by atoms with Gasteiger partial charge in [0.15, 0.2) is 0 Å². The van der Waals surface area contributed by atoms with E-state index in [1.165, 1.54) is 5.56 Å². The standard InChI is InChI=1S/C54H62O4/c1-11-53(9,12-2)46-32-42(28-36(8)52(46)58)40-26-34(6)50(56)44(30-40)47(37-21-17-15-18-22-37)43-29-39(25-33(5)49(43)55)41-27-35(7)51(57)45(31-41)48(54(10,13-3)14-4)38-23-19-16-20-24-38/h15-32,47-48,55-58H,11-14H2,1-10H3. The molecule has 0 radical (unpaired) electrons. The first-order valence-corrected chi connectivity index (χ1v) is 21.1. The number of benzene rings is 6. The molecule has 0 fully saturated rings. The maximum Gasteiger partial charge on any atom is 0.122 e. The highest BCUT2D eigenvalue weighted by Gasteiger charge is 2.36. The minimum atomic E-state index is -0.522. The zero-order valence-electron chi connectivity index (χ0n) is 36.2.